The molecule has 2 N–H and O–H groups in total. The van der Waals surface area contributed by atoms with Gasteiger partial charge in [0.25, 0.3) is 0 Å². The molecule has 0 atom stereocenters. The molecule has 0 unspecified atom stereocenters. The lowest BCUT2D eigenvalue weighted by atomic mass is 10.1. The number of carbonyl (C=O) groups is 1. The minimum Gasteiger partial charge on any atom is -0.350 e. The third kappa shape index (κ3) is 5.00. The Balaban J connectivity index is 1.73. The zero-order chi connectivity index (χ0) is 15.1. The summed E-state index contributed by atoms with van der Waals surface area (Å²) in [6.45, 7) is 4.70. The molecule has 0 radical (unpaired) electrons. The zero-order valence-corrected chi connectivity index (χ0v) is 13.5. The molecular formula is C14H23N5OS. The van der Waals surface area contributed by atoms with E-state index in [1.165, 1.54) is 11.3 Å². The van der Waals surface area contributed by atoms with Crippen LogP contribution in [0.1, 0.15) is 29.1 Å². The van der Waals surface area contributed by atoms with E-state index in [4.69, 9.17) is 0 Å². The molecule has 0 aromatic carbocycles. The number of aromatic nitrogens is 1. The molecule has 7 heteroatoms. The van der Waals surface area contributed by atoms with Gasteiger partial charge >= 0.3 is 0 Å². The fraction of sp³-hybridized carbons (Fsp3) is 0.643. The summed E-state index contributed by atoms with van der Waals surface area (Å²) < 4.78 is 0. The van der Waals surface area contributed by atoms with Gasteiger partial charge < -0.3 is 15.5 Å². The van der Waals surface area contributed by atoms with E-state index in [0.717, 1.165) is 30.9 Å². The molecule has 1 fully saturated rings. The lowest BCUT2D eigenvalue weighted by Gasteiger charge is -2.27. The minimum absolute atomic E-state index is 0.141. The van der Waals surface area contributed by atoms with Crippen molar-refractivity contribution >= 4 is 23.2 Å². The van der Waals surface area contributed by atoms with Crippen LogP contribution in [0.25, 0.3) is 0 Å². The van der Waals surface area contributed by atoms with Gasteiger partial charge in [-0.3, -0.25) is 9.79 Å². The molecule has 116 valence electrons. The summed E-state index contributed by atoms with van der Waals surface area (Å²) in [5.41, 5.74) is 0. The van der Waals surface area contributed by atoms with Crippen molar-refractivity contribution in [1.82, 2.24) is 20.5 Å². The van der Waals surface area contributed by atoms with Gasteiger partial charge in [0.15, 0.2) is 5.96 Å². The Morgan fingerprint density at radius 2 is 2.14 bits per heavy atom. The van der Waals surface area contributed by atoms with Gasteiger partial charge in [-0.2, -0.15) is 0 Å². The first kappa shape index (κ1) is 15.8. The molecular weight excluding hydrogens is 286 g/mol. The van der Waals surface area contributed by atoms with Crippen molar-refractivity contribution in [3.63, 3.8) is 0 Å². The van der Waals surface area contributed by atoms with E-state index in [1.807, 2.05) is 18.0 Å². The Morgan fingerprint density at radius 1 is 1.38 bits per heavy atom. The van der Waals surface area contributed by atoms with E-state index in [1.54, 1.807) is 18.4 Å². The number of amides is 1. The second kappa shape index (κ2) is 7.97. The molecule has 0 spiro atoms. The number of hydrogen-bond donors (Lipinski definition) is 2. The molecule has 0 saturated carbocycles. The first-order chi connectivity index (χ1) is 10.2. The molecule has 1 amide bonds. The number of nitrogens with zero attached hydrogens (tertiary/aromatic N) is 3. The number of piperidine rings is 1. The highest BCUT2D eigenvalue weighted by atomic mass is 32.1. The zero-order valence-electron chi connectivity index (χ0n) is 12.7. The number of hydrogen-bond acceptors (Lipinski definition) is 4. The lowest BCUT2D eigenvalue weighted by molar-refractivity contribution is -0.130. The van der Waals surface area contributed by atoms with Gasteiger partial charge in [0.1, 0.15) is 5.01 Å². The summed E-state index contributed by atoms with van der Waals surface area (Å²) in [6.07, 6.45) is 5.32. The summed E-state index contributed by atoms with van der Waals surface area (Å²) in [5, 5.41) is 7.25. The third-order valence-corrected chi connectivity index (χ3v) is 4.33. The fourth-order valence-corrected chi connectivity index (χ4v) is 3.00. The predicted molar refractivity (Wildman–Crippen MR) is 85.5 cm³/mol. The topological polar surface area (TPSA) is 69.6 Å². The Bertz CT molecular complexity index is 493. The normalized spacial score (nSPS) is 15.9. The monoisotopic (exact) mass is 309 g/mol. The minimum atomic E-state index is 0.141. The second-order valence-electron chi connectivity index (χ2n) is 5.09. The van der Waals surface area contributed by atoms with Gasteiger partial charge in [0.2, 0.25) is 5.91 Å². The third-order valence-electron chi connectivity index (χ3n) is 3.42. The quantitative estimate of drug-likeness (QED) is 0.646. The first-order valence-corrected chi connectivity index (χ1v) is 8.14. The molecule has 0 bridgehead atoms. The molecule has 2 rings (SSSR count). The second-order valence-corrected chi connectivity index (χ2v) is 6.40. The Kier molecular flexibility index (Phi) is 5.98. The van der Waals surface area contributed by atoms with Crippen molar-refractivity contribution in [2.75, 3.05) is 26.7 Å². The van der Waals surface area contributed by atoms with E-state index in [-0.39, 0.29) is 12.5 Å². The van der Waals surface area contributed by atoms with E-state index in [9.17, 15) is 4.79 Å². The van der Waals surface area contributed by atoms with Gasteiger partial charge in [0, 0.05) is 31.2 Å². The molecule has 1 saturated heterocycles. The van der Waals surface area contributed by atoms with Crippen molar-refractivity contribution in [3.8, 4) is 0 Å². The van der Waals surface area contributed by atoms with Crippen LogP contribution >= 0.6 is 11.3 Å². The highest BCUT2D eigenvalue weighted by Crippen LogP contribution is 2.10. The van der Waals surface area contributed by atoms with Crippen molar-refractivity contribution < 1.29 is 4.79 Å². The summed E-state index contributed by atoms with van der Waals surface area (Å²) >= 11 is 1.66. The Hall–Kier alpha value is -1.63. The summed E-state index contributed by atoms with van der Waals surface area (Å²) in [7, 11) is 1.70. The molecule has 1 aliphatic rings. The van der Waals surface area contributed by atoms with Crippen LogP contribution in [0.15, 0.2) is 11.2 Å². The fourth-order valence-electron chi connectivity index (χ4n) is 2.28. The van der Waals surface area contributed by atoms with Crippen molar-refractivity contribution in [1.29, 1.82) is 0 Å². The SMILES string of the molecule is CN=C(NCC(=O)N1CCCCC1)NCc1ncc(C)s1. The number of carbonyl (C=O) groups excluding carboxylic acids is 1. The van der Waals surface area contributed by atoms with Crippen LogP contribution in [-0.4, -0.2) is 48.4 Å². The van der Waals surface area contributed by atoms with Gasteiger partial charge in [-0.15, -0.1) is 11.3 Å². The van der Waals surface area contributed by atoms with Gasteiger partial charge in [-0.05, 0) is 26.2 Å². The van der Waals surface area contributed by atoms with Crippen LogP contribution in [0.4, 0.5) is 0 Å². The molecule has 21 heavy (non-hydrogen) atoms. The van der Waals surface area contributed by atoms with Crippen LogP contribution in [-0.2, 0) is 11.3 Å². The smallest absolute Gasteiger partial charge is 0.241 e. The molecule has 2 heterocycles. The number of thiazole rings is 1. The van der Waals surface area contributed by atoms with E-state index >= 15 is 0 Å². The number of nitrogens with one attached hydrogen (secondary N) is 2. The number of rotatable bonds is 4. The first-order valence-electron chi connectivity index (χ1n) is 7.32. The number of likely N-dealkylation sites (tertiary alicyclic amines) is 1. The van der Waals surface area contributed by atoms with E-state index in [0.29, 0.717) is 12.5 Å². The molecule has 1 aromatic heterocycles. The van der Waals surface area contributed by atoms with Crippen LogP contribution in [0, 0.1) is 6.92 Å². The average Bonchev–Trinajstić information content (AvgIpc) is 2.93. The number of aliphatic imine (C=N–C) groups is 1. The number of aryl methyl sites for hydroxylation is 1. The van der Waals surface area contributed by atoms with Crippen molar-refractivity contribution in [2.45, 2.75) is 32.7 Å². The standard InChI is InChI=1S/C14H23N5OS/c1-11-8-16-12(21-11)9-17-14(15-2)18-10-13(20)19-6-4-3-5-7-19/h8H,3-7,9-10H2,1-2H3,(H2,15,17,18). The van der Waals surface area contributed by atoms with E-state index in [2.05, 4.69) is 20.6 Å². The highest BCUT2D eigenvalue weighted by molar-refractivity contribution is 7.11. The van der Waals surface area contributed by atoms with Crippen LogP contribution in [0.3, 0.4) is 0 Å². The van der Waals surface area contributed by atoms with Gasteiger partial charge in [0.05, 0.1) is 13.1 Å². The molecule has 0 aliphatic carbocycles. The summed E-state index contributed by atoms with van der Waals surface area (Å²) in [6, 6.07) is 0. The average molecular weight is 309 g/mol. The highest BCUT2D eigenvalue weighted by Gasteiger charge is 2.16. The van der Waals surface area contributed by atoms with E-state index < -0.39 is 0 Å². The summed E-state index contributed by atoms with van der Waals surface area (Å²) in [5.74, 6) is 0.774. The lowest BCUT2D eigenvalue weighted by Crippen LogP contribution is -2.45. The van der Waals surface area contributed by atoms with Gasteiger partial charge in [-0.1, -0.05) is 0 Å². The summed E-state index contributed by atoms with van der Waals surface area (Å²) in [4.78, 5) is 23.6. The van der Waals surface area contributed by atoms with Crippen LogP contribution < -0.4 is 10.6 Å². The molecule has 1 aromatic rings. The Labute approximate surface area is 129 Å². The largest absolute Gasteiger partial charge is 0.350 e. The van der Waals surface area contributed by atoms with Crippen LogP contribution in [0.2, 0.25) is 0 Å². The maximum Gasteiger partial charge on any atom is 0.241 e. The Morgan fingerprint density at radius 3 is 2.76 bits per heavy atom. The predicted octanol–water partition coefficient (Wildman–Crippen LogP) is 1.13. The molecule has 1 aliphatic heterocycles. The maximum atomic E-state index is 12.1. The van der Waals surface area contributed by atoms with Crippen molar-refractivity contribution in [3.05, 3.63) is 16.1 Å². The molecule has 6 nitrogen and oxygen atoms in total. The van der Waals surface area contributed by atoms with Crippen LogP contribution in [0.5, 0.6) is 0 Å². The number of guanidine groups is 1. The van der Waals surface area contributed by atoms with Crippen molar-refractivity contribution in [2.24, 2.45) is 4.99 Å². The van der Waals surface area contributed by atoms with Gasteiger partial charge in [-0.25, -0.2) is 4.98 Å². The maximum absolute atomic E-state index is 12.1.